The Labute approximate surface area is 167 Å². The quantitative estimate of drug-likeness (QED) is 0.522. The molecular formula is C20H19FO7S. The summed E-state index contributed by atoms with van der Waals surface area (Å²) >= 11 is 0. The van der Waals surface area contributed by atoms with E-state index >= 15 is 0 Å². The van der Waals surface area contributed by atoms with E-state index in [-0.39, 0.29) is 23.5 Å². The van der Waals surface area contributed by atoms with Gasteiger partial charge in [-0.3, -0.25) is 4.18 Å². The molecule has 3 atom stereocenters. The van der Waals surface area contributed by atoms with Crippen molar-refractivity contribution < 1.29 is 36.0 Å². The minimum absolute atomic E-state index is 0.100. The summed E-state index contributed by atoms with van der Waals surface area (Å²) in [5, 5.41) is 0. The van der Waals surface area contributed by atoms with Crippen LogP contribution in [0.1, 0.15) is 24.3 Å². The van der Waals surface area contributed by atoms with Gasteiger partial charge in [-0.15, -0.1) is 0 Å². The number of esters is 1. The van der Waals surface area contributed by atoms with Crippen LogP contribution in [0.3, 0.4) is 0 Å². The molecular weight excluding hydrogens is 403 g/mol. The molecule has 9 heteroatoms. The number of benzene rings is 2. The van der Waals surface area contributed by atoms with E-state index in [0.29, 0.717) is 24.3 Å². The zero-order chi connectivity index (χ0) is 20.6. The van der Waals surface area contributed by atoms with Crippen molar-refractivity contribution in [3.8, 4) is 11.5 Å². The van der Waals surface area contributed by atoms with Gasteiger partial charge in [0.2, 0.25) is 0 Å². The Hall–Kier alpha value is -2.65. The van der Waals surface area contributed by atoms with Crippen molar-refractivity contribution in [3.05, 3.63) is 53.8 Å². The maximum absolute atomic E-state index is 13.1. The number of carbonyl (C=O) groups excluding carboxylic acids is 1. The number of hydrogen-bond acceptors (Lipinski definition) is 7. The molecule has 1 aliphatic carbocycles. The summed E-state index contributed by atoms with van der Waals surface area (Å²) in [6.07, 6.45) is 0.246. The topological polar surface area (TPSA) is 88.1 Å². The fraction of sp³-hybridized carbons (Fsp3) is 0.350. The third-order valence-corrected chi connectivity index (χ3v) is 6.45. The van der Waals surface area contributed by atoms with Gasteiger partial charge in [0.15, 0.2) is 18.1 Å². The average molecular weight is 422 g/mol. The zero-order valence-electron chi connectivity index (χ0n) is 15.5. The van der Waals surface area contributed by atoms with Crippen molar-refractivity contribution in [3.63, 3.8) is 0 Å². The number of ether oxygens (including phenoxy) is 3. The molecule has 2 aromatic rings. The maximum Gasteiger partial charge on any atom is 0.343 e. The predicted molar refractivity (Wildman–Crippen MR) is 98.8 cm³/mol. The molecule has 0 spiro atoms. The second-order valence-corrected chi connectivity index (χ2v) is 8.41. The number of hydrogen-bond donors (Lipinski definition) is 0. The van der Waals surface area contributed by atoms with E-state index in [0.717, 1.165) is 17.7 Å². The molecule has 154 valence electrons. The fourth-order valence-electron chi connectivity index (χ4n) is 3.77. The van der Waals surface area contributed by atoms with Crippen LogP contribution in [0, 0.1) is 5.82 Å². The van der Waals surface area contributed by atoms with Crippen LogP contribution in [-0.4, -0.2) is 40.3 Å². The Morgan fingerprint density at radius 2 is 1.93 bits per heavy atom. The van der Waals surface area contributed by atoms with Crippen molar-refractivity contribution in [2.45, 2.75) is 35.9 Å². The van der Waals surface area contributed by atoms with Crippen LogP contribution in [0.15, 0.2) is 47.4 Å². The molecule has 1 fully saturated rings. The van der Waals surface area contributed by atoms with E-state index in [2.05, 4.69) is 4.74 Å². The Kier molecular flexibility index (Phi) is 5.18. The average Bonchev–Trinajstić information content (AvgIpc) is 3.26. The molecule has 0 bridgehead atoms. The Morgan fingerprint density at radius 1 is 1.17 bits per heavy atom. The number of carbonyl (C=O) groups is 1. The summed E-state index contributed by atoms with van der Waals surface area (Å²) in [5.74, 6) is -0.460. The molecule has 3 unspecified atom stereocenters. The van der Waals surface area contributed by atoms with Crippen molar-refractivity contribution >= 4 is 16.1 Å². The lowest BCUT2D eigenvalue weighted by molar-refractivity contribution is -0.142. The fourth-order valence-corrected chi connectivity index (χ4v) is 4.89. The zero-order valence-corrected chi connectivity index (χ0v) is 16.4. The van der Waals surface area contributed by atoms with E-state index in [9.17, 15) is 17.6 Å². The molecule has 1 heterocycles. The van der Waals surface area contributed by atoms with Crippen molar-refractivity contribution in [1.29, 1.82) is 0 Å². The second-order valence-electron chi connectivity index (χ2n) is 6.84. The molecule has 0 aromatic heterocycles. The van der Waals surface area contributed by atoms with Gasteiger partial charge in [0.25, 0.3) is 10.1 Å². The summed E-state index contributed by atoms with van der Waals surface area (Å²) in [4.78, 5) is 11.2. The third kappa shape index (κ3) is 3.79. The van der Waals surface area contributed by atoms with Crippen LogP contribution in [0.4, 0.5) is 4.39 Å². The summed E-state index contributed by atoms with van der Waals surface area (Å²) in [6, 6.07) is 9.76. The molecule has 0 N–H and O–H groups in total. The molecule has 1 saturated carbocycles. The first-order valence-electron chi connectivity index (χ1n) is 9.07. The van der Waals surface area contributed by atoms with Gasteiger partial charge in [0.05, 0.1) is 24.0 Å². The molecule has 29 heavy (non-hydrogen) atoms. The Bertz CT molecular complexity index is 1020. The first-order chi connectivity index (χ1) is 13.9. The molecule has 1 aliphatic heterocycles. The minimum Gasteiger partial charge on any atom is -0.485 e. The highest BCUT2D eigenvalue weighted by atomic mass is 32.2. The standard InChI is InChI=1S/C20H19FO7S/c1-25-18(22)11-26-17-4-2-3-14-19-15(27-20(14)17)9-10-16(19)28-29(23,24)13-7-5-12(21)6-8-13/h2-8,15-16,19H,9-11H2,1H3. The van der Waals surface area contributed by atoms with Gasteiger partial charge in [-0.2, -0.15) is 8.42 Å². The summed E-state index contributed by atoms with van der Waals surface area (Å²) in [6.45, 7) is -0.259. The normalized spacial score (nSPS) is 22.5. The SMILES string of the molecule is COC(=O)COc1cccc2c1OC1CCC(OS(=O)(=O)c3ccc(F)cc3)C21. The molecule has 2 aliphatic rings. The smallest absolute Gasteiger partial charge is 0.343 e. The van der Waals surface area contributed by atoms with Crippen LogP contribution in [0.2, 0.25) is 0 Å². The van der Waals surface area contributed by atoms with E-state index in [1.807, 2.05) is 6.07 Å². The van der Waals surface area contributed by atoms with Gasteiger partial charge in [0, 0.05) is 5.56 Å². The molecule has 0 radical (unpaired) electrons. The first kappa shape index (κ1) is 19.7. The van der Waals surface area contributed by atoms with Gasteiger partial charge in [0.1, 0.15) is 11.9 Å². The van der Waals surface area contributed by atoms with Crippen LogP contribution in [-0.2, 0) is 23.8 Å². The lowest BCUT2D eigenvalue weighted by Gasteiger charge is -2.18. The highest BCUT2D eigenvalue weighted by molar-refractivity contribution is 7.86. The number of halogens is 1. The highest BCUT2D eigenvalue weighted by Gasteiger charge is 2.48. The van der Waals surface area contributed by atoms with E-state index in [1.54, 1.807) is 12.1 Å². The van der Waals surface area contributed by atoms with Crippen LogP contribution < -0.4 is 9.47 Å². The van der Waals surface area contributed by atoms with Crippen LogP contribution in [0.5, 0.6) is 11.5 Å². The highest BCUT2D eigenvalue weighted by Crippen LogP contribution is 2.52. The van der Waals surface area contributed by atoms with Crippen LogP contribution >= 0.6 is 0 Å². The molecule has 4 rings (SSSR count). The van der Waals surface area contributed by atoms with Crippen molar-refractivity contribution in [2.24, 2.45) is 0 Å². The van der Waals surface area contributed by atoms with Gasteiger partial charge < -0.3 is 14.2 Å². The predicted octanol–water partition coefficient (Wildman–Crippen LogP) is 2.79. The van der Waals surface area contributed by atoms with Gasteiger partial charge in [-0.05, 0) is 43.2 Å². The van der Waals surface area contributed by atoms with Crippen molar-refractivity contribution in [2.75, 3.05) is 13.7 Å². The maximum atomic E-state index is 13.1. The van der Waals surface area contributed by atoms with Crippen molar-refractivity contribution in [1.82, 2.24) is 0 Å². The monoisotopic (exact) mass is 422 g/mol. The molecule has 0 amide bonds. The lowest BCUT2D eigenvalue weighted by Crippen LogP contribution is -2.24. The molecule has 2 aromatic carbocycles. The third-order valence-electron chi connectivity index (χ3n) is 5.10. The number of methoxy groups -OCH3 is 1. The molecule has 0 saturated heterocycles. The minimum atomic E-state index is -4.05. The van der Waals surface area contributed by atoms with Gasteiger partial charge in [-0.25, -0.2) is 9.18 Å². The Morgan fingerprint density at radius 3 is 2.66 bits per heavy atom. The first-order valence-corrected chi connectivity index (χ1v) is 10.5. The van der Waals surface area contributed by atoms with E-state index in [4.69, 9.17) is 13.7 Å². The summed E-state index contributed by atoms with van der Waals surface area (Å²) in [7, 11) is -2.78. The largest absolute Gasteiger partial charge is 0.485 e. The second kappa shape index (κ2) is 7.64. The summed E-state index contributed by atoms with van der Waals surface area (Å²) in [5.41, 5.74) is 0.772. The Balaban J connectivity index is 1.56. The summed E-state index contributed by atoms with van der Waals surface area (Å²) < 4.78 is 59.9. The number of fused-ring (bicyclic) bond motifs is 3. The van der Waals surface area contributed by atoms with Gasteiger partial charge >= 0.3 is 5.97 Å². The van der Waals surface area contributed by atoms with Crippen LogP contribution in [0.25, 0.3) is 0 Å². The molecule has 7 nitrogen and oxygen atoms in total. The van der Waals surface area contributed by atoms with E-state index < -0.39 is 28.0 Å². The number of para-hydroxylation sites is 1. The van der Waals surface area contributed by atoms with Gasteiger partial charge in [-0.1, -0.05) is 12.1 Å². The van der Waals surface area contributed by atoms with E-state index in [1.165, 1.54) is 19.2 Å². The number of rotatable bonds is 6. The lowest BCUT2D eigenvalue weighted by atomic mass is 9.95.